The molecule has 0 bridgehead atoms. The van der Waals surface area contributed by atoms with Crippen molar-refractivity contribution in [3.05, 3.63) is 70.3 Å². The lowest BCUT2D eigenvalue weighted by atomic mass is 9.95. The number of aryl methyl sites for hydroxylation is 2. The van der Waals surface area contributed by atoms with Crippen molar-refractivity contribution in [3.8, 4) is 0 Å². The standard InChI is InChI=1S/C17H18/c1-12-3-6-14(7-4-12)17-10-15-8-5-13(2)9-16(15)11-17/h3-9,17H,10-11H2,1-2H3. The van der Waals surface area contributed by atoms with E-state index < -0.39 is 0 Å². The van der Waals surface area contributed by atoms with Gasteiger partial charge < -0.3 is 0 Å². The van der Waals surface area contributed by atoms with Crippen LogP contribution in [0.5, 0.6) is 0 Å². The lowest BCUT2D eigenvalue weighted by molar-refractivity contribution is 0.741. The number of rotatable bonds is 1. The third kappa shape index (κ3) is 2.00. The highest BCUT2D eigenvalue weighted by atomic mass is 14.3. The summed E-state index contributed by atoms with van der Waals surface area (Å²) in [5.41, 5.74) is 7.31. The molecule has 0 amide bonds. The Balaban J connectivity index is 1.88. The van der Waals surface area contributed by atoms with E-state index in [4.69, 9.17) is 0 Å². The summed E-state index contributed by atoms with van der Waals surface area (Å²) in [6, 6.07) is 15.9. The van der Waals surface area contributed by atoms with Gasteiger partial charge in [0.25, 0.3) is 0 Å². The summed E-state index contributed by atoms with van der Waals surface area (Å²) in [4.78, 5) is 0. The van der Waals surface area contributed by atoms with Crippen molar-refractivity contribution < 1.29 is 0 Å². The first-order valence-electron chi connectivity index (χ1n) is 6.37. The van der Waals surface area contributed by atoms with Crippen molar-refractivity contribution in [1.82, 2.24) is 0 Å². The molecular formula is C17H18. The minimum atomic E-state index is 0.687. The van der Waals surface area contributed by atoms with Gasteiger partial charge in [-0.25, -0.2) is 0 Å². The van der Waals surface area contributed by atoms with E-state index in [0.29, 0.717) is 5.92 Å². The van der Waals surface area contributed by atoms with Gasteiger partial charge in [0.1, 0.15) is 0 Å². The van der Waals surface area contributed by atoms with Gasteiger partial charge in [-0.3, -0.25) is 0 Å². The van der Waals surface area contributed by atoms with E-state index in [1.165, 1.54) is 29.5 Å². The molecule has 0 fully saturated rings. The molecule has 1 unspecified atom stereocenters. The van der Waals surface area contributed by atoms with Crippen LogP contribution in [0.2, 0.25) is 0 Å². The van der Waals surface area contributed by atoms with E-state index in [1.54, 1.807) is 11.1 Å². The molecule has 0 radical (unpaired) electrons. The summed E-state index contributed by atoms with van der Waals surface area (Å²) in [7, 11) is 0. The van der Waals surface area contributed by atoms with Crippen LogP contribution in [0.1, 0.15) is 33.7 Å². The quantitative estimate of drug-likeness (QED) is 0.679. The Morgan fingerprint density at radius 2 is 1.41 bits per heavy atom. The van der Waals surface area contributed by atoms with Gasteiger partial charge in [-0.1, -0.05) is 53.6 Å². The van der Waals surface area contributed by atoms with Gasteiger partial charge in [0, 0.05) is 0 Å². The molecule has 1 aliphatic rings. The smallest absolute Gasteiger partial charge is 0.00808 e. The first kappa shape index (κ1) is 10.6. The van der Waals surface area contributed by atoms with Crippen LogP contribution in [0, 0.1) is 13.8 Å². The maximum Gasteiger partial charge on any atom is -0.00808 e. The monoisotopic (exact) mass is 222 g/mol. The Bertz CT molecular complexity index is 534. The van der Waals surface area contributed by atoms with Crippen LogP contribution >= 0.6 is 0 Å². The third-order valence-corrected chi connectivity index (χ3v) is 3.84. The lowest BCUT2D eigenvalue weighted by Crippen LogP contribution is -1.97. The topological polar surface area (TPSA) is 0 Å². The zero-order chi connectivity index (χ0) is 11.8. The van der Waals surface area contributed by atoms with Gasteiger partial charge >= 0.3 is 0 Å². The molecule has 0 N–H and O–H groups in total. The summed E-state index contributed by atoms with van der Waals surface area (Å²) < 4.78 is 0. The minimum absolute atomic E-state index is 0.687. The summed E-state index contributed by atoms with van der Waals surface area (Å²) >= 11 is 0. The Morgan fingerprint density at radius 3 is 2.18 bits per heavy atom. The highest BCUT2D eigenvalue weighted by Gasteiger charge is 2.22. The average Bonchev–Trinajstić information content (AvgIpc) is 2.72. The van der Waals surface area contributed by atoms with Gasteiger partial charge in [0.2, 0.25) is 0 Å². The minimum Gasteiger partial charge on any atom is -0.0590 e. The fourth-order valence-electron chi connectivity index (χ4n) is 2.82. The predicted molar refractivity (Wildman–Crippen MR) is 72.5 cm³/mol. The second-order valence-electron chi connectivity index (χ2n) is 5.29. The average molecular weight is 222 g/mol. The molecule has 2 aromatic rings. The van der Waals surface area contributed by atoms with E-state index in [2.05, 4.69) is 56.3 Å². The molecular weight excluding hydrogens is 204 g/mol. The molecule has 17 heavy (non-hydrogen) atoms. The fraction of sp³-hybridized carbons (Fsp3) is 0.294. The summed E-state index contributed by atoms with van der Waals surface area (Å²) in [6.45, 7) is 4.33. The predicted octanol–water partition coefficient (Wildman–Crippen LogP) is 4.19. The lowest BCUT2D eigenvalue weighted by Gasteiger charge is -2.09. The van der Waals surface area contributed by atoms with Crippen LogP contribution in [0.25, 0.3) is 0 Å². The van der Waals surface area contributed by atoms with Crippen molar-refractivity contribution in [2.45, 2.75) is 32.6 Å². The second-order valence-corrected chi connectivity index (χ2v) is 5.29. The summed E-state index contributed by atoms with van der Waals surface area (Å²) in [5, 5.41) is 0. The normalized spacial score (nSPS) is 18.1. The molecule has 1 aliphatic carbocycles. The zero-order valence-corrected chi connectivity index (χ0v) is 10.5. The van der Waals surface area contributed by atoms with Crippen molar-refractivity contribution in [1.29, 1.82) is 0 Å². The van der Waals surface area contributed by atoms with Crippen molar-refractivity contribution in [3.63, 3.8) is 0 Å². The molecule has 3 rings (SSSR count). The Hall–Kier alpha value is -1.56. The highest BCUT2D eigenvalue weighted by molar-refractivity contribution is 5.40. The van der Waals surface area contributed by atoms with Gasteiger partial charge in [-0.05, 0) is 49.3 Å². The van der Waals surface area contributed by atoms with Crippen LogP contribution in [0.4, 0.5) is 0 Å². The summed E-state index contributed by atoms with van der Waals surface area (Å²) in [6.07, 6.45) is 2.42. The van der Waals surface area contributed by atoms with Crippen molar-refractivity contribution in [2.75, 3.05) is 0 Å². The van der Waals surface area contributed by atoms with Crippen LogP contribution in [0.15, 0.2) is 42.5 Å². The zero-order valence-electron chi connectivity index (χ0n) is 10.5. The van der Waals surface area contributed by atoms with E-state index >= 15 is 0 Å². The molecule has 0 nitrogen and oxygen atoms in total. The SMILES string of the molecule is Cc1ccc(C2Cc3ccc(C)cc3C2)cc1. The van der Waals surface area contributed by atoms with Crippen LogP contribution in [-0.2, 0) is 12.8 Å². The van der Waals surface area contributed by atoms with E-state index in [9.17, 15) is 0 Å². The van der Waals surface area contributed by atoms with Crippen LogP contribution in [-0.4, -0.2) is 0 Å². The fourth-order valence-corrected chi connectivity index (χ4v) is 2.82. The number of benzene rings is 2. The largest absolute Gasteiger partial charge is 0.0590 e. The molecule has 0 saturated heterocycles. The Labute approximate surface area is 103 Å². The summed E-state index contributed by atoms with van der Waals surface area (Å²) in [5.74, 6) is 0.687. The molecule has 2 aromatic carbocycles. The molecule has 0 aliphatic heterocycles. The second kappa shape index (κ2) is 4.03. The molecule has 1 atom stereocenters. The molecule has 0 spiro atoms. The van der Waals surface area contributed by atoms with Crippen molar-refractivity contribution >= 4 is 0 Å². The van der Waals surface area contributed by atoms with Gasteiger partial charge in [-0.15, -0.1) is 0 Å². The molecule has 86 valence electrons. The highest BCUT2D eigenvalue weighted by Crippen LogP contribution is 2.34. The Kier molecular flexibility index (Phi) is 2.51. The first-order valence-corrected chi connectivity index (χ1v) is 6.37. The Morgan fingerprint density at radius 1 is 0.765 bits per heavy atom. The van der Waals surface area contributed by atoms with Crippen LogP contribution < -0.4 is 0 Å². The van der Waals surface area contributed by atoms with E-state index in [1.807, 2.05) is 0 Å². The first-order chi connectivity index (χ1) is 8.22. The molecule has 0 heteroatoms. The number of hydrogen-bond donors (Lipinski definition) is 0. The number of hydrogen-bond acceptors (Lipinski definition) is 0. The molecule has 0 aromatic heterocycles. The number of fused-ring (bicyclic) bond motifs is 1. The molecule has 0 saturated carbocycles. The maximum atomic E-state index is 2.35. The van der Waals surface area contributed by atoms with Crippen molar-refractivity contribution in [2.24, 2.45) is 0 Å². The molecule has 0 heterocycles. The third-order valence-electron chi connectivity index (χ3n) is 3.84. The maximum absolute atomic E-state index is 2.35. The van der Waals surface area contributed by atoms with Gasteiger partial charge in [0.15, 0.2) is 0 Å². The van der Waals surface area contributed by atoms with Crippen LogP contribution in [0.3, 0.4) is 0 Å². The van der Waals surface area contributed by atoms with Gasteiger partial charge in [0.05, 0.1) is 0 Å². The van der Waals surface area contributed by atoms with Gasteiger partial charge in [-0.2, -0.15) is 0 Å². The van der Waals surface area contributed by atoms with E-state index in [-0.39, 0.29) is 0 Å². The van der Waals surface area contributed by atoms with E-state index in [0.717, 1.165) is 0 Å².